The molecule has 0 aliphatic carbocycles. The number of rotatable bonds is 1. The van der Waals surface area contributed by atoms with Gasteiger partial charge < -0.3 is 4.74 Å². The molecule has 1 heterocycles. The van der Waals surface area contributed by atoms with E-state index >= 15 is 0 Å². The smallest absolute Gasteiger partial charge is 0.338 e. The van der Waals surface area contributed by atoms with Crippen LogP contribution in [0.3, 0.4) is 0 Å². The number of aromatic nitrogens is 1. The molecule has 3 nitrogen and oxygen atoms in total. The third-order valence-electron chi connectivity index (χ3n) is 2.15. The van der Waals surface area contributed by atoms with E-state index in [4.69, 9.17) is 0 Å². The SMILES string of the molecule is COC(=O)c1ccc2ncsc2c1C. The van der Waals surface area contributed by atoms with E-state index in [0.29, 0.717) is 5.56 Å². The molecule has 0 N–H and O–H groups in total. The molecule has 14 heavy (non-hydrogen) atoms. The predicted octanol–water partition coefficient (Wildman–Crippen LogP) is 2.39. The fourth-order valence-corrected chi connectivity index (χ4v) is 2.19. The van der Waals surface area contributed by atoms with Gasteiger partial charge in [-0.15, -0.1) is 11.3 Å². The number of carbonyl (C=O) groups excluding carboxylic acids is 1. The van der Waals surface area contributed by atoms with Crippen LogP contribution in [0, 0.1) is 6.92 Å². The van der Waals surface area contributed by atoms with Crippen molar-refractivity contribution in [2.45, 2.75) is 6.92 Å². The zero-order valence-electron chi connectivity index (χ0n) is 7.90. The van der Waals surface area contributed by atoms with Crippen molar-refractivity contribution in [1.82, 2.24) is 4.98 Å². The molecule has 0 atom stereocenters. The van der Waals surface area contributed by atoms with Crippen molar-refractivity contribution < 1.29 is 9.53 Å². The second-order valence-corrected chi connectivity index (χ2v) is 3.79. The van der Waals surface area contributed by atoms with Gasteiger partial charge in [0.05, 0.1) is 28.4 Å². The Morgan fingerprint density at radius 1 is 1.50 bits per heavy atom. The fourth-order valence-electron chi connectivity index (χ4n) is 1.39. The second-order valence-electron chi connectivity index (χ2n) is 2.93. The molecule has 0 amide bonds. The van der Waals surface area contributed by atoms with E-state index in [1.54, 1.807) is 11.6 Å². The molecule has 72 valence electrons. The maximum absolute atomic E-state index is 11.4. The Balaban J connectivity index is 2.67. The first-order valence-electron chi connectivity index (χ1n) is 4.15. The Kier molecular flexibility index (Phi) is 2.21. The van der Waals surface area contributed by atoms with Gasteiger partial charge in [-0.3, -0.25) is 0 Å². The molecule has 0 bridgehead atoms. The highest BCUT2D eigenvalue weighted by Gasteiger charge is 2.12. The third-order valence-corrected chi connectivity index (χ3v) is 3.11. The number of hydrogen-bond acceptors (Lipinski definition) is 4. The van der Waals surface area contributed by atoms with Crippen LogP contribution in [0.25, 0.3) is 10.2 Å². The number of aryl methyl sites for hydroxylation is 1. The van der Waals surface area contributed by atoms with Gasteiger partial charge in [-0.1, -0.05) is 0 Å². The second kappa shape index (κ2) is 3.38. The zero-order chi connectivity index (χ0) is 10.1. The average molecular weight is 207 g/mol. The first-order valence-corrected chi connectivity index (χ1v) is 5.03. The van der Waals surface area contributed by atoms with Crippen molar-refractivity contribution in [2.75, 3.05) is 7.11 Å². The lowest BCUT2D eigenvalue weighted by Crippen LogP contribution is -2.03. The molecular weight excluding hydrogens is 198 g/mol. The highest BCUT2D eigenvalue weighted by atomic mass is 32.1. The lowest BCUT2D eigenvalue weighted by atomic mass is 10.1. The summed E-state index contributed by atoms with van der Waals surface area (Å²) in [6.07, 6.45) is 0. The molecule has 0 saturated heterocycles. The van der Waals surface area contributed by atoms with Crippen LogP contribution in [0.15, 0.2) is 17.6 Å². The first-order chi connectivity index (χ1) is 6.74. The normalized spacial score (nSPS) is 10.4. The summed E-state index contributed by atoms with van der Waals surface area (Å²) >= 11 is 1.54. The van der Waals surface area contributed by atoms with Crippen molar-refractivity contribution >= 4 is 27.5 Å². The van der Waals surface area contributed by atoms with Gasteiger partial charge in [0.15, 0.2) is 0 Å². The van der Waals surface area contributed by atoms with Gasteiger partial charge in [0.1, 0.15) is 0 Å². The van der Waals surface area contributed by atoms with Crippen molar-refractivity contribution in [3.63, 3.8) is 0 Å². The maximum Gasteiger partial charge on any atom is 0.338 e. The molecule has 2 rings (SSSR count). The topological polar surface area (TPSA) is 39.2 Å². The molecule has 0 fully saturated rings. The Morgan fingerprint density at radius 3 is 3.00 bits per heavy atom. The minimum atomic E-state index is -0.294. The fraction of sp³-hybridized carbons (Fsp3) is 0.200. The zero-order valence-corrected chi connectivity index (χ0v) is 8.72. The summed E-state index contributed by atoms with van der Waals surface area (Å²) in [4.78, 5) is 15.5. The van der Waals surface area contributed by atoms with Gasteiger partial charge in [-0.05, 0) is 24.6 Å². The monoisotopic (exact) mass is 207 g/mol. The number of nitrogens with zero attached hydrogens (tertiary/aromatic N) is 1. The minimum absolute atomic E-state index is 0.294. The Labute approximate surface area is 85.3 Å². The van der Waals surface area contributed by atoms with E-state index in [9.17, 15) is 4.79 Å². The largest absolute Gasteiger partial charge is 0.465 e. The molecule has 0 saturated carbocycles. The number of carbonyl (C=O) groups is 1. The summed E-state index contributed by atoms with van der Waals surface area (Å²) in [5.41, 5.74) is 4.26. The summed E-state index contributed by atoms with van der Waals surface area (Å²) in [6.45, 7) is 1.91. The van der Waals surface area contributed by atoms with Crippen molar-refractivity contribution in [2.24, 2.45) is 0 Å². The molecule has 0 unspecified atom stereocenters. The van der Waals surface area contributed by atoms with Crippen molar-refractivity contribution in [1.29, 1.82) is 0 Å². The quantitative estimate of drug-likeness (QED) is 0.674. The molecular formula is C10H9NO2S. The van der Waals surface area contributed by atoms with Gasteiger partial charge in [-0.2, -0.15) is 0 Å². The molecule has 0 spiro atoms. The van der Waals surface area contributed by atoms with E-state index < -0.39 is 0 Å². The molecule has 1 aromatic carbocycles. The summed E-state index contributed by atoms with van der Waals surface area (Å²) in [7, 11) is 1.39. The Morgan fingerprint density at radius 2 is 2.29 bits per heavy atom. The number of fused-ring (bicyclic) bond motifs is 1. The Hall–Kier alpha value is -1.42. The van der Waals surface area contributed by atoms with Gasteiger partial charge in [0, 0.05) is 0 Å². The van der Waals surface area contributed by atoms with Gasteiger partial charge in [0.2, 0.25) is 0 Å². The molecule has 0 aliphatic heterocycles. The third kappa shape index (κ3) is 1.28. The maximum atomic E-state index is 11.4. The van der Waals surface area contributed by atoms with Gasteiger partial charge in [0.25, 0.3) is 0 Å². The Bertz CT molecular complexity index is 490. The van der Waals surface area contributed by atoms with Crippen LogP contribution < -0.4 is 0 Å². The van der Waals surface area contributed by atoms with E-state index in [2.05, 4.69) is 9.72 Å². The van der Waals surface area contributed by atoms with Crippen LogP contribution in [0.1, 0.15) is 15.9 Å². The van der Waals surface area contributed by atoms with Crippen LogP contribution in [0.2, 0.25) is 0 Å². The van der Waals surface area contributed by atoms with Crippen molar-refractivity contribution in [3.8, 4) is 0 Å². The molecule has 1 aromatic heterocycles. The van der Waals surface area contributed by atoms with E-state index in [0.717, 1.165) is 15.8 Å². The molecule has 0 aliphatic rings. The van der Waals surface area contributed by atoms with Crippen LogP contribution >= 0.6 is 11.3 Å². The van der Waals surface area contributed by atoms with Crippen molar-refractivity contribution in [3.05, 3.63) is 28.8 Å². The lowest BCUT2D eigenvalue weighted by molar-refractivity contribution is 0.0600. The first kappa shape index (κ1) is 9.15. The molecule has 2 aromatic rings. The van der Waals surface area contributed by atoms with E-state index in [1.165, 1.54) is 18.4 Å². The molecule has 4 heteroatoms. The average Bonchev–Trinajstić information content (AvgIpc) is 2.66. The summed E-state index contributed by atoms with van der Waals surface area (Å²) in [6, 6.07) is 3.59. The van der Waals surface area contributed by atoms with Crippen LogP contribution in [0.4, 0.5) is 0 Å². The van der Waals surface area contributed by atoms with Gasteiger partial charge >= 0.3 is 5.97 Å². The standard InChI is InChI=1S/C10H9NO2S/c1-6-7(10(12)13-2)3-4-8-9(6)14-5-11-8/h3-5H,1-2H3. The minimum Gasteiger partial charge on any atom is -0.465 e. The predicted molar refractivity (Wildman–Crippen MR) is 55.7 cm³/mol. The number of methoxy groups -OCH3 is 1. The highest BCUT2D eigenvalue weighted by molar-refractivity contribution is 7.17. The number of esters is 1. The number of thiazole rings is 1. The number of benzene rings is 1. The lowest BCUT2D eigenvalue weighted by Gasteiger charge is -2.03. The number of ether oxygens (including phenoxy) is 1. The number of hydrogen-bond donors (Lipinski definition) is 0. The summed E-state index contributed by atoms with van der Waals surface area (Å²) in [5.74, 6) is -0.294. The summed E-state index contributed by atoms with van der Waals surface area (Å²) in [5, 5.41) is 0. The van der Waals surface area contributed by atoms with E-state index in [1.807, 2.05) is 13.0 Å². The van der Waals surface area contributed by atoms with Gasteiger partial charge in [-0.25, -0.2) is 9.78 Å². The van der Waals surface area contributed by atoms with Crippen LogP contribution in [0.5, 0.6) is 0 Å². The van der Waals surface area contributed by atoms with Crippen LogP contribution in [-0.2, 0) is 4.74 Å². The molecule has 0 radical (unpaired) electrons. The van der Waals surface area contributed by atoms with E-state index in [-0.39, 0.29) is 5.97 Å². The summed E-state index contributed by atoms with van der Waals surface area (Å²) < 4.78 is 5.74. The highest BCUT2D eigenvalue weighted by Crippen LogP contribution is 2.24. The van der Waals surface area contributed by atoms with Crippen LogP contribution in [-0.4, -0.2) is 18.1 Å².